The first-order valence-electron chi connectivity index (χ1n) is 7.40. The van der Waals surface area contributed by atoms with Crippen LogP contribution in [0.1, 0.15) is 33.1 Å². The molecule has 0 aliphatic carbocycles. The Morgan fingerprint density at radius 3 is 2.85 bits per heavy atom. The second kappa shape index (κ2) is 7.24. The second-order valence-electron chi connectivity index (χ2n) is 5.48. The summed E-state index contributed by atoms with van der Waals surface area (Å²) in [5.41, 5.74) is 0.823. The van der Waals surface area contributed by atoms with Crippen molar-refractivity contribution in [2.45, 2.75) is 39.2 Å². The summed E-state index contributed by atoms with van der Waals surface area (Å²) in [5, 5.41) is 6.22. The number of carbonyl (C=O) groups is 1. The number of hydrogen-bond donors (Lipinski definition) is 2. The predicted molar refractivity (Wildman–Crippen MR) is 82.1 cm³/mol. The minimum absolute atomic E-state index is 0.0339. The van der Waals surface area contributed by atoms with E-state index in [1.54, 1.807) is 6.20 Å². The number of nitrogens with one attached hydrogen (secondary N) is 2. The maximum Gasteiger partial charge on any atom is 0.225 e. The highest BCUT2D eigenvalue weighted by Crippen LogP contribution is 2.26. The van der Waals surface area contributed by atoms with E-state index in [1.807, 2.05) is 12.1 Å². The number of carbonyl (C=O) groups excluding carboxylic acids is 1. The van der Waals surface area contributed by atoms with Crippen LogP contribution in [0.25, 0.3) is 0 Å². The molecular formula is C15H24N4O. The van der Waals surface area contributed by atoms with Gasteiger partial charge in [0.05, 0.1) is 5.69 Å². The summed E-state index contributed by atoms with van der Waals surface area (Å²) in [6.07, 6.45) is 4.65. The number of hydrogen-bond acceptors (Lipinski definition) is 4. The Balaban J connectivity index is 1.93. The molecule has 5 heteroatoms. The van der Waals surface area contributed by atoms with Crippen molar-refractivity contribution in [3.05, 3.63) is 18.3 Å². The van der Waals surface area contributed by atoms with Gasteiger partial charge in [0.1, 0.15) is 0 Å². The second-order valence-corrected chi connectivity index (χ2v) is 5.48. The van der Waals surface area contributed by atoms with Crippen molar-refractivity contribution in [1.82, 2.24) is 10.3 Å². The van der Waals surface area contributed by atoms with Gasteiger partial charge in [0.25, 0.3) is 0 Å². The highest BCUT2D eigenvalue weighted by Gasteiger charge is 2.17. The van der Waals surface area contributed by atoms with Gasteiger partial charge in [-0.25, -0.2) is 4.98 Å². The molecule has 0 bridgehead atoms. The van der Waals surface area contributed by atoms with Crippen molar-refractivity contribution in [1.29, 1.82) is 0 Å². The fourth-order valence-corrected chi connectivity index (χ4v) is 2.36. The molecule has 1 amide bonds. The number of aromatic nitrogens is 1. The van der Waals surface area contributed by atoms with Crippen LogP contribution in [0.3, 0.4) is 0 Å². The molecule has 110 valence electrons. The van der Waals surface area contributed by atoms with E-state index in [0.29, 0.717) is 19.0 Å². The molecule has 0 unspecified atom stereocenters. The maximum atomic E-state index is 12.0. The number of amides is 1. The SMILES string of the molecule is CC(C)NCCC(=O)Nc1cccnc1N1CCCC1. The van der Waals surface area contributed by atoms with Crippen LogP contribution in [-0.4, -0.2) is 36.6 Å². The van der Waals surface area contributed by atoms with Gasteiger partial charge in [-0.05, 0) is 25.0 Å². The molecule has 2 N–H and O–H groups in total. The van der Waals surface area contributed by atoms with E-state index in [2.05, 4.69) is 34.4 Å². The summed E-state index contributed by atoms with van der Waals surface area (Å²) in [4.78, 5) is 18.6. The third-order valence-electron chi connectivity index (χ3n) is 3.37. The molecule has 1 fully saturated rings. The average molecular weight is 276 g/mol. The van der Waals surface area contributed by atoms with Gasteiger partial charge in [0.15, 0.2) is 5.82 Å². The third kappa shape index (κ3) is 4.20. The molecule has 1 aliphatic heterocycles. The van der Waals surface area contributed by atoms with Crippen LogP contribution in [0.2, 0.25) is 0 Å². The van der Waals surface area contributed by atoms with E-state index in [4.69, 9.17) is 0 Å². The molecule has 2 heterocycles. The van der Waals surface area contributed by atoms with Gasteiger partial charge in [-0.2, -0.15) is 0 Å². The minimum Gasteiger partial charge on any atom is -0.355 e. The Hall–Kier alpha value is -1.62. The average Bonchev–Trinajstić information content (AvgIpc) is 2.92. The Bertz CT molecular complexity index is 441. The summed E-state index contributed by atoms with van der Waals surface area (Å²) in [6, 6.07) is 4.19. The first-order valence-corrected chi connectivity index (χ1v) is 7.40. The molecule has 1 saturated heterocycles. The fourth-order valence-electron chi connectivity index (χ4n) is 2.36. The Kier molecular flexibility index (Phi) is 5.35. The van der Waals surface area contributed by atoms with E-state index in [-0.39, 0.29) is 5.91 Å². The van der Waals surface area contributed by atoms with E-state index in [9.17, 15) is 4.79 Å². The molecule has 1 aromatic heterocycles. The summed E-state index contributed by atoms with van der Waals surface area (Å²) in [5.74, 6) is 0.932. The van der Waals surface area contributed by atoms with Crippen LogP contribution < -0.4 is 15.5 Å². The van der Waals surface area contributed by atoms with Crippen LogP contribution in [0.5, 0.6) is 0 Å². The van der Waals surface area contributed by atoms with Gasteiger partial charge in [-0.3, -0.25) is 4.79 Å². The van der Waals surface area contributed by atoms with Gasteiger partial charge in [0, 0.05) is 38.3 Å². The summed E-state index contributed by atoms with van der Waals surface area (Å²) in [6.45, 7) is 6.89. The molecular weight excluding hydrogens is 252 g/mol. The van der Waals surface area contributed by atoms with E-state index < -0.39 is 0 Å². The summed E-state index contributed by atoms with van der Waals surface area (Å²) >= 11 is 0. The molecule has 1 aromatic rings. The number of pyridine rings is 1. The van der Waals surface area contributed by atoms with Crippen molar-refractivity contribution in [2.75, 3.05) is 29.9 Å². The summed E-state index contributed by atoms with van der Waals surface area (Å²) in [7, 11) is 0. The molecule has 5 nitrogen and oxygen atoms in total. The largest absolute Gasteiger partial charge is 0.355 e. The topological polar surface area (TPSA) is 57.3 Å². The van der Waals surface area contributed by atoms with Crippen molar-refractivity contribution < 1.29 is 4.79 Å². The van der Waals surface area contributed by atoms with Crippen molar-refractivity contribution >= 4 is 17.4 Å². The highest BCUT2D eigenvalue weighted by atomic mass is 16.1. The lowest BCUT2D eigenvalue weighted by molar-refractivity contribution is -0.116. The van der Waals surface area contributed by atoms with Crippen LogP contribution in [-0.2, 0) is 4.79 Å². The number of nitrogens with zero attached hydrogens (tertiary/aromatic N) is 2. The van der Waals surface area contributed by atoms with Gasteiger partial charge in [0.2, 0.25) is 5.91 Å². The zero-order valence-electron chi connectivity index (χ0n) is 12.4. The first kappa shape index (κ1) is 14.8. The Morgan fingerprint density at radius 2 is 2.15 bits per heavy atom. The van der Waals surface area contributed by atoms with E-state index in [1.165, 1.54) is 12.8 Å². The van der Waals surface area contributed by atoms with E-state index in [0.717, 1.165) is 24.6 Å². The third-order valence-corrected chi connectivity index (χ3v) is 3.37. The van der Waals surface area contributed by atoms with Crippen LogP contribution in [0, 0.1) is 0 Å². The maximum absolute atomic E-state index is 12.0. The van der Waals surface area contributed by atoms with Crippen molar-refractivity contribution in [3.63, 3.8) is 0 Å². The number of rotatable bonds is 6. The minimum atomic E-state index is 0.0339. The van der Waals surface area contributed by atoms with Gasteiger partial charge >= 0.3 is 0 Å². The lowest BCUT2D eigenvalue weighted by Gasteiger charge is -2.20. The molecule has 0 aromatic carbocycles. The molecule has 0 atom stereocenters. The van der Waals surface area contributed by atoms with Gasteiger partial charge in [-0.1, -0.05) is 13.8 Å². The summed E-state index contributed by atoms with van der Waals surface area (Å²) < 4.78 is 0. The fraction of sp³-hybridized carbons (Fsp3) is 0.600. The van der Waals surface area contributed by atoms with Crippen LogP contribution in [0.4, 0.5) is 11.5 Å². The molecule has 20 heavy (non-hydrogen) atoms. The Morgan fingerprint density at radius 1 is 1.40 bits per heavy atom. The molecule has 0 radical (unpaired) electrons. The molecule has 0 saturated carbocycles. The number of anilines is 2. The predicted octanol–water partition coefficient (Wildman–Crippen LogP) is 2.01. The lowest BCUT2D eigenvalue weighted by Crippen LogP contribution is -2.28. The smallest absolute Gasteiger partial charge is 0.225 e. The van der Waals surface area contributed by atoms with Crippen molar-refractivity contribution in [2.24, 2.45) is 0 Å². The van der Waals surface area contributed by atoms with E-state index >= 15 is 0 Å². The standard InChI is InChI=1S/C15H24N4O/c1-12(2)16-9-7-14(20)18-13-6-5-8-17-15(13)19-10-3-4-11-19/h5-6,8,12,16H,3-4,7,9-11H2,1-2H3,(H,18,20). The highest BCUT2D eigenvalue weighted by molar-refractivity contribution is 5.93. The molecule has 0 spiro atoms. The quantitative estimate of drug-likeness (QED) is 0.834. The monoisotopic (exact) mass is 276 g/mol. The zero-order valence-corrected chi connectivity index (χ0v) is 12.4. The van der Waals surface area contributed by atoms with Gasteiger partial charge in [-0.15, -0.1) is 0 Å². The van der Waals surface area contributed by atoms with Gasteiger partial charge < -0.3 is 15.5 Å². The van der Waals surface area contributed by atoms with Crippen LogP contribution >= 0.6 is 0 Å². The molecule has 1 aliphatic rings. The van der Waals surface area contributed by atoms with Crippen LogP contribution in [0.15, 0.2) is 18.3 Å². The van der Waals surface area contributed by atoms with Crippen molar-refractivity contribution in [3.8, 4) is 0 Å². The normalized spacial score (nSPS) is 14.8. The first-order chi connectivity index (χ1) is 9.66. The Labute approximate surface area is 120 Å². The zero-order chi connectivity index (χ0) is 14.4. The lowest BCUT2D eigenvalue weighted by atomic mass is 10.3. The molecule has 2 rings (SSSR count).